The van der Waals surface area contributed by atoms with Crippen LogP contribution in [-0.2, 0) is 17.8 Å². The maximum absolute atomic E-state index is 12.0. The van der Waals surface area contributed by atoms with E-state index in [-0.39, 0.29) is 0 Å². The molecule has 2 rings (SSSR count). The number of carbonyl (C=O) groups is 1. The van der Waals surface area contributed by atoms with Gasteiger partial charge in [0, 0.05) is 13.0 Å². The Hall–Kier alpha value is -0.840. The average molecular weight is 357 g/mol. The van der Waals surface area contributed by atoms with Gasteiger partial charge in [0.05, 0.1) is 21.3 Å². The zero-order valence-electron chi connectivity index (χ0n) is 13.0. The van der Waals surface area contributed by atoms with Crippen molar-refractivity contribution in [3.63, 3.8) is 0 Å². The van der Waals surface area contributed by atoms with Crippen molar-refractivity contribution in [3.8, 4) is 0 Å². The van der Waals surface area contributed by atoms with Crippen LogP contribution >= 0.6 is 15.9 Å². The monoisotopic (exact) mass is 356 g/mol. The lowest BCUT2D eigenvalue weighted by Gasteiger charge is -2.31. The van der Waals surface area contributed by atoms with Gasteiger partial charge in [-0.05, 0) is 42.6 Å². The molecule has 0 atom stereocenters. The van der Waals surface area contributed by atoms with E-state index >= 15 is 0 Å². The first-order chi connectivity index (χ1) is 10.00. The maximum Gasteiger partial charge on any atom is 0.310 e. The van der Waals surface area contributed by atoms with E-state index in [1.807, 2.05) is 18.5 Å². The Bertz CT molecular complexity index is 503. The first-order valence-electron chi connectivity index (χ1n) is 7.95. The van der Waals surface area contributed by atoms with Gasteiger partial charge in [-0.1, -0.05) is 32.1 Å². The lowest BCUT2D eigenvalue weighted by Crippen LogP contribution is -2.35. The Morgan fingerprint density at radius 2 is 1.86 bits per heavy atom. The molecule has 0 aliphatic heterocycles. The topological polar surface area (TPSA) is 55.1 Å². The highest BCUT2D eigenvalue weighted by Crippen LogP contribution is 2.39. The van der Waals surface area contributed by atoms with E-state index in [4.69, 9.17) is 0 Å². The van der Waals surface area contributed by atoms with Gasteiger partial charge in [-0.2, -0.15) is 5.10 Å². The molecule has 1 aliphatic rings. The van der Waals surface area contributed by atoms with Crippen molar-refractivity contribution in [1.82, 2.24) is 9.78 Å². The lowest BCUT2D eigenvalue weighted by atomic mass is 9.73. The zero-order valence-corrected chi connectivity index (χ0v) is 14.6. The van der Waals surface area contributed by atoms with Crippen LogP contribution in [0, 0.1) is 12.3 Å². The molecular weight excluding hydrogens is 332 g/mol. The molecule has 0 radical (unpaired) electrons. The maximum atomic E-state index is 12.0. The fraction of sp³-hybridized carbons (Fsp3) is 0.750. The summed E-state index contributed by atoms with van der Waals surface area (Å²) in [6.45, 7) is 4.79. The smallest absolute Gasteiger partial charge is 0.310 e. The molecule has 0 bridgehead atoms. The fourth-order valence-corrected chi connectivity index (χ4v) is 3.83. The minimum atomic E-state index is -0.641. The highest BCUT2D eigenvalue weighted by molar-refractivity contribution is 9.10. The van der Waals surface area contributed by atoms with Crippen molar-refractivity contribution in [2.75, 3.05) is 0 Å². The number of hydrogen-bond acceptors (Lipinski definition) is 2. The summed E-state index contributed by atoms with van der Waals surface area (Å²) in [5.74, 6) is -0.641. The molecule has 1 N–H and O–H groups in total. The summed E-state index contributed by atoms with van der Waals surface area (Å²) in [5.41, 5.74) is 1.36. The van der Waals surface area contributed by atoms with Gasteiger partial charge >= 0.3 is 5.97 Å². The molecule has 118 valence electrons. The molecule has 0 amide bonds. The van der Waals surface area contributed by atoms with Gasteiger partial charge in [-0.15, -0.1) is 0 Å². The number of carboxylic acid groups (broad SMARTS) is 1. The molecule has 1 aliphatic carbocycles. The standard InChI is InChI=1S/C16H25BrN2O2/c1-3-19-13(14(17)12(2)18-19)11-16(15(20)21)9-7-5-4-6-8-10-16/h3-11H2,1-2H3,(H,20,21). The molecule has 21 heavy (non-hydrogen) atoms. The molecule has 0 aromatic carbocycles. The minimum absolute atomic E-state index is 0.581. The summed E-state index contributed by atoms with van der Waals surface area (Å²) in [5, 5.41) is 14.4. The van der Waals surface area contributed by atoms with Crippen molar-refractivity contribution >= 4 is 21.9 Å². The summed E-state index contributed by atoms with van der Waals surface area (Å²) in [4.78, 5) is 12.0. The van der Waals surface area contributed by atoms with Crippen LogP contribution in [0.4, 0.5) is 0 Å². The van der Waals surface area contributed by atoms with Gasteiger partial charge in [0.25, 0.3) is 0 Å². The predicted octanol–water partition coefficient (Wildman–Crippen LogP) is 4.33. The average Bonchev–Trinajstić information content (AvgIpc) is 2.69. The number of rotatable bonds is 4. The highest BCUT2D eigenvalue weighted by Gasteiger charge is 2.39. The number of hydrogen-bond donors (Lipinski definition) is 1. The summed E-state index contributed by atoms with van der Waals surface area (Å²) in [6, 6.07) is 0. The normalized spacial score (nSPS) is 19.0. The van der Waals surface area contributed by atoms with Crippen LogP contribution in [0.2, 0.25) is 0 Å². The van der Waals surface area contributed by atoms with Gasteiger partial charge in [0.1, 0.15) is 0 Å². The Labute approximate surface area is 135 Å². The van der Waals surface area contributed by atoms with Crippen molar-refractivity contribution in [2.45, 2.75) is 71.8 Å². The Kier molecular flexibility index (Phi) is 5.47. The second-order valence-corrected chi connectivity index (χ2v) is 6.98. The molecule has 1 saturated carbocycles. The largest absolute Gasteiger partial charge is 0.481 e. The molecule has 1 aromatic rings. The van der Waals surface area contributed by atoms with Crippen LogP contribution in [0.1, 0.15) is 63.3 Å². The van der Waals surface area contributed by atoms with E-state index in [9.17, 15) is 9.90 Å². The van der Waals surface area contributed by atoms with Gasteiger partial charge in [-0.25, -0.2) is 0 Å². The van der Waals surface area contributed by atoms with Crippen molar-refractivity contribution in [2.24, 2.45) is 5.41 Å². The number of carboxylic acids is 1. The van der Waals surface area contributed by atoms with Crippen molar-refractivity contribution in [1.29, 1.82) is 0 Å². The summed E-state index contributed by atoms with van der Waals surface area (Å²) in [6.07, 6.45) is 7.73. The second-order valence-electron chi connectivity index (χ2n) is 6.19. The van der Waals surface area contributed by atoms with E-state index in [0.717, 1.165) is 60.9 Å². The molecule has 4 nitrogen and oxygen atoms in total. The van der Waals surface area contributed by atoms with Gasteiger partial charge in [0.2, 0.25) is 0 Å². The fourth-order valence-electron chi connectivity index (χ4n) is 3.41. The van der Waals surface area contributed by atoms with Gasteiger partial charge in [0.15, 0.2) is 0 Å². The van der Waals surface area contributed by atoms with E-state index in [0.29, 0.717) is 6.42 Å². The number of aromatic nitrogens is 2. The predicted molar refractivity (Wildman–Crippen MR) is 86.4 cm³/mol. The molecule has 0 unspecified atom stereocenters. The first kappa shape index (κ1) is 16.5. The van der Waals surface area contributed by atoms with Crippen molar-refractivity contribution < 1.29 is 9.90 Å². The molecule has 1 heterocycles. The van der Waals surface area contributed by atoms with Crippen LogP contribution in [0.25, 0.3) is 0 Å². The zero-order chi connectivity index (χ0) is 15.5. The third-order valence-electron chi connectivity index (χ3n) is 4.72. The van der Waals surface area contributed by atoms with Gasteiger partial charge < -0.3 is 5.11 Å². The van der Waals surface area contributed by atoms with E-state index in [2.05, 4.69) is 21.0 Å². The third kappa shape index (κ3) is 3.50. The number of halogens is 1. The highest BCUT2D eigenvalue weighted by atomic mass is 79.9. The van der Waals surface area contributed by atoms with E-state index < -0.39 is 11.4 Å². The van der Waals surface area contributed by atoms with Crippen LogP contribution in [0.15, 0.2) is 4.47 Å². The van der Waals surface area contributed by atoms with Crippen LogP contribution < -0.4 is 0 Å². The van der Waals surface area contributed by atoms with E-state index in [1.165, 1.54) is 6.42 Å². The first-order valence-corrected chi connectivity index (χ1v) is 8.74. The second kappa shape index (κ2) is 6.95. The lowest BCUT2D eigenvalue weighted by molar-refractivity contribution is -0.150. The Balaban J connectivity index is 2.33. The van der Waals surface area contributed by atoms with Crippen molar-refractivity contribution in [3.05, 3.63) is 15.9 Å². The molecule has 1 fully saturated rings. The summed E-state index contributed by atoms with van der Waals surface area (Å²) >= 11 is 3.60. The van der Waals surface area contributed by atoms with Crippen LogP contribution in [0.3, 0.4) is 0 Å². The van der Waals surface area contributed by atoms with E-state index in [1.54, 1.807) is 0 Å². The Morgan fingerprint density at radius 1 is 1.29 bits per heavy atom. The number of nitrogens with zero attached hydrogens (tertiary/aromatic N) is 2. The molecular formula is C16H25BrN2O2. The number of aryl methyl sites for hydroxylation is 2. The Morgan fingerprint density at radius 3 is 2.38 bits per heavy atom. The third-order valence-corrected chi connectivity index (χ3v) is 5.75. The molecule has 0 saturated heterocycles. The molecule has 5 heteroatoms. The number of aliphatic carboxylic acids is 1. The van der Waals surface area contributed by atoms with Crippen LogP contribution in [-0.4, -0.2) is 20.9 Å². The molecule has 0 spiro atoms. The SMILES string of the molecule is CCn1nc(C)c(Br)c1CC1(C(=O)O)CCCCCCC1. The quantitative estimate of drug-likeness (QED) is 0.873. The van der Waals surface area contributed by atoms with Gasteiger partial charge in [-0.3, -0.25) is 9.48 Å². The summed E-state index contributed by atoms with van der Waals surface area (Å²) in [7, 11) is 0. The molecule has 1 aromatic heterocycles. The minimum Gasteiger partial charge on any atom is -0.481 e. The van der Waals surface area contributed by atoms with Crippen LogP contribution in [0.5, 0.6) is 0 Å². The summed E-state index contributed by atoms with van der Waals surface area (Å²) < 4.78 is 2.93.